The molecule has 0 amide bonds. The molecule has 0 aliphatic carbocycles. The number of methoxy groups -OCH3 is 1. The number of rotatable bonds is 3. The summed E-state index contributed by atoms with van der Waals surface area (Å²) >= 11 is 0. The van der Waals surface area contributed by atoms with Crippen LogP contribution in [0, 0.1) is 0 Å². The van der Waals surface area contributed by atoms with Crippen LogP contribution in [-0.4, -0.2) is 26.5 Å². The molecular formula is C19H16N4O2. The van der Waals surface area contributed by atoms with Crippen molar-refractivity contribution in [2.75, 3.05) is 7.11 Å². The number of hydrogen-bond donors (Lipinski definition) is 0. The number of nitrogens with zero attached hydrogens (tertiary/aromatic N) is 4. The Morgan fingerprint density at radius 2 is 1.76 bits per heavy atom. The van der Waals surface area contributed by atoms with Crippen LogP contribution in [0.25, 0.3) is 28.0 Å². The Bertz CT molecular complexity index is 1110. The number of aryl methyl sites for hydroxylation is 1. The molecule has 6 nitrogen and oxygen atoms in total. The minimum Gasteiger partial charge on any atom is -0.497 e. The van der Waals surface area contributed by atoms with E-state index in [4.69, 9.17) is 9.84 Å². The van der Waals surface area contributed by atoms with Crippen LogP contribution in [0.1, 0.15) is 0 Å². The number of pyridine rings is 1. The van der Waals surface area contributed by atoms with E-state index in [2.05, 4.69) is 5.10 Å². The summed E-state index contributed by atoms with van der Waals surface area (Å²) in [5.74, 6) is 0.786. The third kappa shape index (κ3) is 2.57. The summed E-state index contributed by atoms with van der Waals surface area (Å²) in [6.07, 6.45) is 1.90. The van der Waals surface area contributed by atoms with Crippen molar-refractivity contribution in [3.8, 4) is 28.3 Å². The van der Waals surface area contributed by atoms with Gasteiger partial charge in [-0.05, 0) is 42.5 Å². The summed E-state index contributed by atoms with van der Waals surface area (Å²) in [5.41, 5.74) is 4.14. The molecule has 0 spiro atoms. The Morgan fingerprint density at radius 1 is 0.960 bits per heavy atom. The maximum atomic E-state index is 11.7. The second kappa shape index (κ2) is 5.90. The number of ether oxygens (including phenoxy) is 1. The average molecular weight is 332 g/mol. The fourth-order valence-corrected chi connectivity index (χ4v) is 2.84. The minimum atomic E-state index is -0.147. The van der Waals surface area contributed by atoms with Gasteiger partial charge < -0.3 is 4.74 Å². The smallest absolute Gasteiger partial charge is 0.266 e. The lowest BCUT2D eigenvalue weighted by molar-refractivity contribution is 0.415. The molecule has 3 aromatic heterocycles. The molecule has 4 rings (SSSR count). The van der Waals surface area contributed by atoms with Crippen LogP contribution < -0.4 is 10.3 Å². The van der Waals surface area contributed by atoms with Crippen LogP contribution in [-0.2, 0) is 7.05 Å². The van der Waals surface area contributed by atoms with Crippen molar-refractivity contribution in [1.29, 1.82) is 0 Å². The number of aromatic nitrogens is 4. The van der Waals surface area contributed by atoms with Crippen LogP contribution in [0.4, 0.5) is 0 Å². The maximum Gasteiger partial charge on any atom is 0.266 e. The van der Waals surface area contributed by atoms with Crippen LogP contribution in [0.5, 0.6) is 5.75 Å². The Hall–Kier alpha value is -3.41. The van der Waals surface area contributed by atoms with E-state index in [1.807, 2.05) is 53.2 Å². The first-order valence-corrected chi connectivity index (χ1v) is 7.84. The lowest BCUT2D eigenvalue weighted by Crippen LogP contribution is -2.18. The van der Waals surface area contributed by atoms with E-state index in [0.29, 0.717) is 5.69 Å². The number of fused-ring (bicyclic) bond motifs is 1. The van der Waals surface area contributed by atoms with Gasteiger partial charge in [-0.3, -0.25) is 4.79 Å². The molecule has 0 radical (unpaired) electrons. The van der Waals surface area contributed by atoms with Crippen molar-refractivity contribution >= 4 is 5.52 Å². The SMILES string of the molecule is COc1ccc(-c2nn3ccccc3c2-c2ccc(=O)n(C)n2)cc1. The van der Waals surface area contributed by atoms with Crippen molar-refractivity contribution in [3.05, 3.63) is 71.1 Å². The van der Waals surface area contributed by atoms with Gasteiger partial charge in [-0.1, -0.05) is 6.07 Å². The first kappa shape index (κ1) is 15.1. The van der Waals surface area contributed by atoms with Crippen LogP contribution >= 0.6 is 0 Å². The molecule has 0 N–H and O–H groups in total. The zero-order valence-corrected chi connectivity index (χ0v) is 13.9. The standard InChI is InChI=1S/C19H16N4O2/c1-22-17(24)11-10-15(20-22)18-16-5-3-4-12-23(16)21-19(18)13-6-8-14(25-2)9-7-13/h3-12H,1-2H3. The molecule has 0 bridgehead atoms. The van der Waals surface area contributed by atoms with Crippen molar-refractivity contribution in [3.63, 3.8) is 0 Å². The highest BCUT2D eigenvalue weighted by Gasteiger charge is 2.17. The predicted molar refractivity (Wildman–Crippen MR) is 95.7 cm³/mol. The second-order valence-electron chi connectivity index (χ2n) is 5.66. The first-order chi connectivity index (χ1) is 12.2. The van der Waals surface area contributed by atoms with Gasteiger partial charge in [0.15, 0.2) is 0 Å². The predicted octanol–water partition coefficient (Wildman–Crippen LogP) is 2.77. The van der Waals surface area contributed by atoms with Gasteiger partial charge in [-0.2, -0.15) is 10.2 Å². The molecule has 0 aliphatic rings. The lowest BCUT2D eigenvalue weighted by atomic mass is 10.0. The fraction of sp³-hybridized carbons (Fsp3) is 0.105. The molecule has 0 unspecified atom stereocenters. The first-order valence-electron chi connectivity index (χ1n) is 7.84. The van der Waals surface area contributed by atoms with E-state index < -0.39 is 0 Å². The van der Waals surface area contributed by atoms with Gasteiger partial charge in [0, 0.05) is 24.9 Å². The highest BCUT2D eigenvalue weighted by atomic mass is 16.5. The van der Waals surface area contributed by atoms with Gasteiger partial charge >= 0.3 is 0 Å². The molecular weight excluding hydrogens is 316 g/mol. The van der Waals surface area contributed by atoms with Crippen molar-refractivity contribution < 1.29 is 4.74 Å². The summed E-state index contributed by atoms with van der Waals surface area (Å²) < 4.78 is 8.39. The quantitative estimate of drug-likeness (QED) is 0.579. The second-order valence-corrected chi connectivity index (χ2v) is 5.66. The van der Waals surface area contributed by atoms with Gasteiger partial charge in [0.05, 0.1) is 23.9 Å². The third-order valence-corrected chi connectivity index (χ3v) is 4.12. The Labute approximate surface area is 143 Å². The van der Waals surface area contributed by atoms with Gasteiger partial charge in [0.2, 0.25) is 0 Å². The van der Waals surface area contributed by atoms with Crippen molar-refractivity contribution in [2.24, 2.45) is 7.05 Å². The maximum absolute atomic E-state index is 11.7. The fourth-order valence-electron chi connectivity index (χ4n) is 2.84. The number of benzene rings is 1. The highest BCUT2D eigenvalue weighted by Crippen LogP contribution is 2.34. The van der Waals surface area contributed by atoms with E-state index in [1.54, 1.807) is 20.2 Å². The molecule has 3 heterocycles. The average Bonchev–Trinajstić information content (AvgIpc) is 3.03. The number of hydrogen-bond acceptors (Lipinski definition) is 4. The Kier molecular flexibility index (Phi) is 3.57. The molecule has 0 aliphatic heterocycles. The molecule has 0 saturated heterocycles. The molecule has 4 aromatic rings. The normalized spacial score (nSPS) is 11.0. The van der Waals surface area contributed by atoms with Crippen LogP contribution in [0.2, 0.25) is 0 Å². The highest BCUT2D eigenvalue weighted by molar-refractivity contribution is 5.90. The summed E-state index contributed by atoms with van der Waals surface area (Å²) in [7, 11) is 3.28. The third-order valence-electron chi connectivity index (χ3n) is 4.12. The van der Waals surface area contributed by atoms with Gasteiger partial charge in [-0.25, -0.2) is 9.20 Å². The Morgan fingerprint density at radius 3 is 2.48 bits per heavy atom. The molecule has 0 saturated carbocycles. The molecule has 25 heavy (non-hydrogen) atoms. The zero-order chi connectivity index (χ0) is 17.4. The van der Waals surface area contributed by atoms with E-state index >= 15 is 0 Å². The summed E-state index contributed by atoms with van der Waals surface area (Å²) in [6, 6.07) is 16.9. The van der Waals surface area contributed by atoms with E-state index in [9.17, 15) is 4.79 Å². The Balaban J connectivity index is 2.00. The topological polar surface area (TPSA) is 61.4 Å². The summed E-state index contributed by atoms with van der Waals surface area (Å²) in [4.78, 5) is 11.7. The zero-order valence-electron chi connectivity index (χ0n) is 13.9. The van der Waals surface area contributed by atoms with Gasteiger partial charge in [0.25, 0.3) is 5.56 Å². The largest absolute Gasteiger partial charge is 0.497 e. The van der Waals surface area contributed by atoms with Gasteiger partial charge in [-0.15, -0.1) is 0 Å². The van der Waals surface area contributed by atoms with E-state index in [1.165, 1.54) is 10.7 Å². The van der Waals surface area contributed by atoms with Crippen LogP contribution in [0.3, 0.4) is 0 Å². The van der Waals surface area contributed by atoms with Crippen molar-refractivity contribution in [2.45, 2.75) is 0 Å². The van der Waals surface area contributed by atoms with Gasteiger partial charge in [0.1, 0.15) is 11.4 Å². The summed E-state index contributed by atoms with van der Waals surface area (Å²) in [5, 5.41) is 9.13. The monoisotopic (exact) mass is 332 g/mol. The molecule has 6 heteroatoms. The molecule has 0 fully saturated rings. The van der Waals surface area contributed by atoms with E-state index in [-0.39, 0.29) is 5.56 Å². The van der Waals surface area contributed by atoms with Crippen molar-refractivity contribution in [1.82, 2.24) is 19.4 Å². The molecule has 124 valence electrons. The molecule has 0 atom stereocenters. The lowest BCUT2D eigenvalue weighted by Gasteiger charge is -2.05. The summed E-state index contributed by atoms with van der Waals surface area (Å²) in [6.45, 7) is 0. The molecule has 1 aromatic carbocycles. The minimum absolute atomic E-state index is 0.147. The van der Waals surface area contributed by atoms with E-state index in [0.717, 1.165) is 28.1 Å². The van der Waals surface area contributed by atoms with Crippen LogP contribution in [0.15, 0.2) is 65.6 Å².